The number of nitrogens with zero attached hydrogens (tertiary/aromatic N) is 1. The molecule has 0 aliphatic carbocycles. The van der Waals surface area contributed by atoms with Crippen molar-refractivity contribution in [3.63, 3.8) is 0 Å². The highest BCUT2D eigenvalue weighted by Crippen LogP contribution is 2.18. The Morgan fingerprint density at radius 1 is 1.27 bits per heavy atom. The highest BCUT2D eigenvalue weighted by molar-refractivity contribution is 5.80. The largest absolute Gasteiger partial charge is 0.376 e. The molecular formula is C12H18N2O. The van der Waals surface area contributed by atoms with Gasteiger partial charge in [-0.1, -0.05) is 18.2 Å². The van der Waals surface area contributed by atoms with Gasteiger partial charge in [-0.2, -0.15) is 0 Å². The van der Waals surface area contributed by atoms with Crippen molar-refractivity contribution >= 4 is 11.6 Å². The maximum Gasteiger partial charge on any atom is 0.241 e. The molecule has 1 N–H and O–H groups in total. The first-order valence-electron chi connectivity index (χ1n) is 5.02. The molecule has 0 saturated carbocycles. The molecule has 3 nitrogen and oxygen atoms in total. The van der Waals surface area contributed by atoms with E-state index in [1.807, 2.05) is 32.0 Å². The Morgan fingerprint density at radius 2 is 1.80 bits per heavy atom. The number of aryl methyl sites for hydroxylation is 2. The van der Waals surface area contributed by atoms with Crippen molar-refractivity contribution in [3.05, 3.63) is 29.3 Å². The minimum atomic E-state index is 0.0812. The van der Waals surface area contributed by atoms with E-state index in [9.17, 15) is 4.79 Å². The second-order valence-corrected chi connectivity index (χ2v) is 3.91. The summed E-state index contributed by atoms with van der Waals surface area (Å²) in [4.78, 5) is 13.0. The molecule has 1 aromatic carbocycles. The van der Waals surface area contributed by atoms with Crippen LogP contribution in [0.15, 0.2) is 18.2 Å². The molecule has 3 heteroatoms. The highest BCUT2D eigenvalue weighted by Gasteiger charge is 2.05. The van der Waals surface area contributed by atoms with E-state index in [-0.39, 0.29) is 5.91 Å². The Balaban J connectivity index is 2.69. The zero-order valence-corrected chi connectivity index (χ0v) is 9.79. The van der Waals surface area contributed by atoms with Gasteiger partial charge in [0.15, 0.2) is 0 Å². The Bertz CT molecular complexity index is 338. The first-order valence-corrected chi connectivity index (χ1v) is 5.02. The fourth-order valence-electron chi connectivity index (χ4n) is 1.42. The Morgan fingerprint density at radius 3 is 2.27 bits per heavy atom. The SMILES string of the molecule is Cc1cccc(C)c1NCC(=O)N(C)C. The van der Waals surface area contributed by atoms with Crippen LogP contribution < -0.4 is 5.32 Å². The minimum Gasteiger partial charge on any atom is -0.376 e. The number of rotatable bonds is 3. The summed E-state index contributed by atoms with van der Waals surface area (Å²) < 4.78 is 0. The van der Waals surface area contributed by atoms with Gasteiger partial charge in [0.25, 0.3) is 0 Å². The molecule has 1 amide bonds. The second-order valence-electron chi connectivity index (χ2n) is 3.91. The van der Waals surface area contributed by atoms with E-state index >= 15 is 0 Å². The summed E-state index contributed by atoms with van der Waals surface area (Å²) in [5.74, 6) is 0.0812. The van der Waals surface area contributed by atoms with Crippen molar-refractivity contribution in [2.75, 3.05) is 26.0 Å². The topological polar surface area (TPSA) is 32.3 Å². The Hall–Kier alpha value is -1.51. The van der Waals surface area contributed by atoms with Crippen LogP contribution in [-0.4, -0.2) is 31.4 Å². The third-order valence-corrected chi connectivity index (χ3v) is 2.40. The van der Waals surface area contributed by atoms with Gasteiger partial charge in [0.05, 0.1) is 6.54 Å². The van der Waals surface area contributed by atoms with Gasteiger partial charge in [-0.05, 0) is 25.0 Å². The van der Waals surface area contributed by atoms with Gasteiger partial charge in [-0.25, -0.2) is 0 Å². The van der Waals surface area contributed by atoms with E-state index in [0.717, 1.165) is 5.69 Å². The first kappa shape index (κ1) is 11.6. The lowest BCUT2D eigenvalue weighted by molar-refractivity contribution is -0.126. The summed E-state index contributed by atoms with van der Waals surface area (Å²) in [5, 5.41) is 3.17. The van der Waals surface area contributed by atoms with Crippen LogP contribution in [0.5, 0.6) is 0 Å². The van der Waals surface area contributed by atoms with Crippen molar-refractivity contribution in [2.24, 2.45) is 0 Å². The van der Waals surface area contributed by atoms with Crippen LogP contribution >= 0.6 is 0 Å². The van der Waals surface area contributed by atoms with Crippen LogP contribution in [0.3, 0.4) is 0 Å². The Labute approximate surface area is 91.1 Å². The predicted molar refractivity (Wildman–Crippen MR) is 63.1 cm³/mol. The summed E-state index contributed by atoms with van der Waals surface area (Å²) in [6.45, 7) is 4.42. The molecule has 0 aliphatic rings. The van der Waals surface area contributed by atoms with Crippen molar-refractivity contribution in [2.45, 2.75) is 13.8 Å². The normalized spacial score (nSPS) is 9.87. The summed E-state index contributed by atoms with van der Waals surface area (Å²) in [7, 11) is 3.52. The number of carbonyl (C=O) groups is 1. The van der Waals surface area contributed by atoms with E-state index in [2.05, 4.69) is 5.32 Å². The molecule has 1 aromatic rings. The van der Waals surface area contributed by atoms with Gasteiger partial charge in [-0.3, -0.25) is 4.79 Å². The first-order chi connectivity index (χ1) is 7.02. The number of likely N-dealkylation sites (N-methyl/N-ethyl adjacent to an activating group) is 1. The third-order valence-electron chi connectivity index (χ3n) is 2.40. The monoisotopic (exact) mass is 206 g/mol. The fraction of sp³-hybridized carbons (Fsp3) is 0.417. The van der Waals surface area contributed by atoms with Crippen LogP contribution in [-0.2, 0) is 4.79 Å². The number of anilines is 1. The van der Waals surface area contributed by atoms with Gasteiger partial charge in [-0.15, -0.1) is 0 Å². The number of para-hydroxylation sites is 1. The van der Waals surface area contributed by atoms with Crippen LogP contribution in [0.2, 0.25) is 0 Å². The third kappa shape index (κ3) is 2.98. The number of benzene rings is 1. The van der Waals surface area contributed by atoms with Crippen LogP contribution in [0.1, 0.15) is 11.1 Å². The van der Waals surface area contributed by atoms with Crippen molar-refractivity contribution in [3.8, 4) is 0 Å². The quantitative estimate of drug-likeness (QED) is 0.818. The molecule has 0 saturated heterocycles. The van der Waals surface area contributed by atoms with Crippen molar-refractivity contribution < 1.29 is 4.79 Å². The maximum absolute atomic E-state index is 11.4. The zero-order valence-electron chi connectivity index (χ0n) is 9.79. The molecule has 82 valence electrons. The fourth-order valence-corrected chi connectivity index (χ4v) is 1.42. The summed E-state index contributed by atoms with van der Waals surface area (Å²) in [6.07, 6.45) is 0. The molecule has 0 heterocycles. The maximum atomic E-state index is 11.4. The standard InChI is InChI=1S/C12H18N2O/c1-9-6-5-7-10(2)12(9)13-8-11(15)14(3)4/h5-7,13H,8H2,1-4H3. The zero-order chi connectivity index (χ0) is 11.4. The molecule has 15 heavy (non-hydrogen) atoms. The summed E-state index contributed by atoms with van der Waals surface area (Å²) in [5.41, 5.74) is 3.40. The highest BCUT2D eigenvalue weighted by atomic mass is 16.2. The molecule has 0 atom stereocenters. The van der Waals surface area contributed by atoms with Gasteiger partial charge in [0, 0.05) is 19.8 Å². The molecule has 0 spiro atoms. The van der Waals surface area contributed by atoms with Crippen LogP contribution in [0.4, 0.5) is 5.69 Å². The molecule has 0 radical (unpaired) electrons. The summed E-state index contributed by atoms with van der Waals surface area (Å²) >= 11 is 0. The van der Waals surface area contributed by atoms with E-state index < -0.39 is 0 Å². The smallest absolute Gasteiger partial charge is 0.241 e. The average molecular weight is 206 g/mol. The number of amides is 1. The molecule has 0 fully saturated rings. The summed E-state index contributed by atoms with van der Waals surface area (Å²) in [6, 6.07) is 6.09. The van der Waals surface area contributed by atoms with Crippen LogP contribution in [0.25, 0.3) is 0 Å². The van der Waals surface area contributed by atoms with Crippen LogP contribution in [0, 0.1) is 13.8 Å². The molecule has 1 rings (SSSR count). The lowest BCUT2D eigenvalue weighted by atomic mass is 10.1. The minimum absolute atomic E-state index is 0.0812. The average Bonchev–Trinajstić information content (AvgIpc) is 2.16. The van der Waals surface area contributed by atoms with Gasteiger partial charge < -0.3 is 10.2 Å². The number of nitrogens with one attached hydrogen (secondary N) is 1. The predicted octanol–water partition coefficient (Wildman–Crippen LogP) is 1.80. The Kier molecular flexibility index (Phi) is 3.72. The molecule has 0 aromatic heterocycles. The van der Waals surface area contributed by atoms with Gasteiger partial charge in [0.2, 0.25) is 5.91 Å². The number of carbonyl (C=O) groups excluding carboxylic acids is 1. The molecule has 0 aliphatic heterocycles. The van der Waals surface area contributed by atoms with Crippen molar-refractivity contribution in [1.82, 2.24) is 4.90 Å². The van der Waals surface area contributed by atoms with E-state index in [1.54, 1.807) is 19.0 Å². The van der Waals surface area contributed by atoms with Gasteiger partial charge >= 0.3 is 0 Å². The lowest BCUT2D eigenvalue weighted by Gasteiger charge is -2.14. The van der Waals surface area contributed by atoms with Gasteiger partial charge in [0.1, 0.15) is 0 Å². The van der Waals surface area contributed by atoms with Crippen molar-refractivity contribution in [1.29, 1.82) is 0 Å². The molecule has 0 bridgehead atoms. The van der Waals surface area contributed by atoms with E-state index in [4.69, 9.17) is 0 Å². The second kappa shape index (κ2) is 4.82. The molecular weight excluding hydrogens is 188 g/mol. The number of hydrogen-bond acceptors (Lipinski definition) is 2. The van der Waals surface area contributed by atoms with E-state index in [0.29, 0.717) is 6.54 Å². The van der Waals surface area contributed by atoms with E-state index in [1.165, 1.54) is 11.1 Å². The number of hydrogen-bond donors (Lipinski definition) is 1. The lowest BCUT2D eigenvalue weighted by Crippen LogP contribution is -2.28. The molecule has 0 unspecified atom stereocenters.